The van der Waals surface area contributed by atoms with Crippen LogP contribution in [0.4, 0.5) is 0 Å². The fraction of sp³-hybridized carbons (Fsp3) is 0.0714. The predicted octanol–water partition coefficient (Wildman–Crippen LogP) is 3.99. The second-order valence-corrected chi connectivity index (χ2v) is 5.66. The van der Waals surface area contributed by atoms with Crippen LogP contribution in [0.1, 0.15) is 6.92 Å². The van der Waals surface area contributed by atoms with Crippen LogP contribution in [0.25, 0.3) is 17.0 Å². The van der Waals surface area contributed by atoms with Crippen LogP contribution in [0, 0.1) is 0 Å². The number of carbonyl (C=O) groups is 1. The molecule has 0 unspecified atom stereocenters. The molecule has 0 amide bonds. The van der Waals surface area contributed by atoms with Gasteiger partial charge < -0.3 is 9.84 Å². The molecule has 0 radical (unpaired) electrons. The summed E-state index contributed by atoms with van der Waals surface area (Å²) in [7, 11) is 0. The third-order valence-corrected chi connectivity index (χ3v) is 4.23. The number of benzene rings is 1. The van der Waals surface area contributed by atoms with Crippen molar-refractivity contribution in [2.45, 2.75) is 6.92 Å². The lowest BCUT2D eigenvalue weighted by Gasteiger charge is -2.14. The Morgan fingerprint density at radius 1 is 1.22 bits per heavy atom. The highest BCUT2D eigenvalue weighted by molar-refractivity contribution is 6.47. The highest BCUT2D eigenvalue weighted by atomic mass is 35.5. The Morgan fingerprint density at radius 2 is 1.96 bits per heavy atom. The molecule has 3 aromatic rings. The molecule has 0 fully saturated rings. The average Bonchev–Trinajstić information content (AvgIpc) is 2.94. The topological polar surface area (TPSA) is 76.7 Å². The van der Waals surface area contributed by atoms with Crippen molar-refractivity contribution in [1.82, 2.24) is 14.4 Å². The van der Waals surface area contributed by atoms with E-state index in [-0.39, 0.29) is 32.1 Å². The Hall–Kier alpha value is -2.02. The number of phenolic OH excluding ortho intramolecular Hbond substituents is 1. The van der Waals surface area contributed by atoms with E-state index >= 15 is 0 Å². The average molecular weight is 373 g/mol. The lowest BCUT2D eigenvalue weighted by molar-refractivity contribution is -0.131. The third kappa shape index (κ3) is 2.59. The van der Waals surface area contributed by atoms with Crippen molar-refractivity contribution >= 4 is 46.5 Å². The first-order valence-corrected chi connectivity index (χ1v) is 7.41. The maximum absolute atomic E-state index is 11.3. The number of hydrogen-bond acceptors (Lipinski definition) is 5. The molecule has 1 aromatic carbocycles. The zero-order chi connectivity index (χ0) is 16.7. The molecule has 0 saturated heterocycles. The van der Waals surface area contributed by atoms with E-state index in [2.05, 4.69) is 9.97 Å². The molecule has 0 bridgehead atoms. The Balaban J connectivity index is 2.35. The number of phenols is 1. The first-order chi connectivity index (χ1) is 10.9. The Kier molecular flexibility index (Phi) is 4.06. The number of halogens is 3. The number of aromatic hydroxyl groups is 1. The number of aromatic nitrogens is 3. The number of imidazole rings is 1. The summed E-state index contributed by atoms with van der Waals surface area (Å²) < 4.78 is 6.62. The van der Waals surface area contributed by atoms with E-state index in [0.29, 0.717) is 11.5 Å². The molecule has 0 saturated carbocycles. The van der Waals surface area contributed by atoms with Gasteiger partial charge in [0.2, 0.25) is 5.78 Å². The first kappa shape index (κ1) is 15.9. The molecule has 23 heavy (non-hydrogen) atoms. The molecule has 0 aliphatic carbocycles. The van der Waals surface area contributed by atoms with E-state index in [1.165, 1.54) is 13.1 Å². The second kappa shape index (κ2) is 5.88. The van der Waals surface area contributed by atoms with E-state index in [1.54, 1.807) is 22.9 Å². The van der Waals surface area contributed by atoms with Gasteiger partial charge in [0.05, 0.1) is 22.5 Å². The monoisotopic (exact) mass is 371 g/mol. The van der Waals surface area contributed by atoms with Crippen LogP contribution in [0.2, 0.25) is 15.1 Å². The lowest BCUT2D eigenvalue weighted by atomic mass is 10.1. The minimum Gasteiger partial charge on any atom is -0.506 e. The van der Waals surface area contributed by atoms with Gasteiger partial charge in [0.25, 0.3) is 0 Å². The van der Waals surface area contributed by atoms with Gasteiger partial charge in [0, 0.05) is 19.3 Å². The van der Waals surface area contributed by atoms with Crippen molar-refractivity contribution in [2.24, 2.45) is 0 Å². The number of esters is 1. The standard InChI is InChI=1S/C14H8Cl3N3O3/c1-6(21)23-13-9(15)8(12(22)10(16)11(13)17)7-5-19-14-18-3-2-4-20(7)14/h2-5,22H,1H3. The molecule has 2 aromatic heterocycles. The highest BCUT2D eigenvalue weighted by Gasteiger charge is 2.26. The predicted molar refractivity (Wildman–Crippen MR) is 86.4 cm³/mol. The molecule has 9 heteroatoms. The summed E-state index contributed by atoms with van der Waals surface area (Å²) in [4.78, 5) is 19.4. The molecule has 0 aliphatic heterocycles. The number of rotatable bonds is 2. The van der Waals surface area contributed by atoms with Crippen LogP contribution >= 0.6 is 34.8 Å². The van der Waals surface area contributed by atoms with Crippen LogP contribution in [0.5, 0.6) is 11.5 Å². The molecule has 1 N–H and O–H groups in total. The molecule has 0 aliphatic rings. The van der Waals surface area contributed by atoms with Gasteiger partial charge in [0.15, 0.2) is 5.75 Å². The molecule has 3 rings (SSSR count). The zero-order valence-electron chi connectivity index (χ0n) is 11.5. The molecule has 6 nitrogen and oxygen atoms in total. The molecule has 118 valence electrons. The first-order valence-electron chi connectivity index (χ1n) is 6.28. The van der Waals surface area contributed by atoms with Gasteiger partial charge in [-0.2, -0.15) is 0 Å². The molecule has 0 atom stereocenters. The number of ether oxygens (including phenoxy) is 1. The second-order valence-electron chi connectivity index (χ2n) is 4.52. The Bertz CT molecular complexity index is 940. The minimum absolute atomic E-state index is 0.0576. The lowest BCUT2D eigenvalue weighted by Crippen LogP contribution is -2.04. The van der Waals surface area contributed by atoms with Crippen molar-refractivity contribution in [3.63, 3.8) is 0 Å². The minimum atomic E-state index is -0.624. The molecular weight excluding hydrogens is 365 g/mol. The third-order valence-electron chi connectivity index (χ3n) is 3.05. The number of hydrogen-bond donors (Lipinski definition) is 1. The van der Waals surface area contributed by atoms with E-state index in [0.717, 1.165) is 0 Å². The smallest absolute Gasteiger partial charge is 0.308 e. The van der Waals surface area contributed by atoms with Crippen molar-refractivity contribution in [1.29, 1.82) is 0 Å². The van der Waals surface area contributed by atoms with Gasteiger partial charge >= 0.3 is 5.97 Å². The van der Waals surface area contributed by atoms with Crippen LogP contribution in [-0.2, 0) is 4.79 Å². The van der Waals surface area contributed by atoms with Crippen molar-refractivity contribution in [2.75, 3.05) is 0 Å². The van der Waals surface area contributed by atoms with Gasteiger partial charge in [-0.3, -0.25) is 9.20 Å². The summed E-state index contributed by atoms with van der Waals surface area (Å²) in [5.74, 6) is -0.694. The van der Waals surface area contributed by atoms with Crippen molar-refractivity contribution in [3.05, 3.63) is 39.7 Å². The van der Waals surface area contributed by atoms with Gasteiger partial charge in [-0.15, -0.1) is 0 Å². The normalized spacial score (nSPS) is 11.0. The van der Waals surface area contributed by atoms with E-state index in [1.807, 2.05) is 0 Å². The summed E-state index contributed by atoms with van der Waals surface area (Å²) in [5, 5.41) is 9.96. The SMILES string of the molecule is CC(=O)Oc1c(Cl)c(Cl)c(O)c(-c2cnc3ncccn23)c1Cl. The Morgan fingerprint density at radius 3 is 2.65 bits per heavy atom. The van der Waals surface area contributed by atoms with Gasteiger partial charge in [0.1, 0.15) is 15.8 Å². The van der Waals surface area contributed by atoms with Gasteiger partial charge in [-0.05, 0) is 6.07 Å². The summed E-state index contributed by atoms with van der Waals surface area (Å²) in [5.41, 5.74) is 0.556. The fourth-order valence-electron chi connectivity index (χ4n) is 2.11. The van der Waals surface area contributed by atoms with Crippen LogP contribution in [-0.4, -0.2) is 25.4 Å². The summed E-state index contributed by atoms with van der Waals surface area (Å²) in [6, 6.07) is 1.69. The van der Waals surface area contributed by atoms with Crippen LogP contribution < -0.4 is 4.74 Å². The summed E-state index contributed by atoms with van der Waals surface area (Å²) in [6.07, 6.45) is 4.73. The van der Waals surface area contributed by atoms with E-state index in [9.17, 15) is 9.90 Å². The maximum atomic E-state index is 11.3. The van der Waals surface area contributed by atoms with Gasteiger partial charge in [-0.1, -0.05) is 34.8 Å². The fourth-order valence-corrected chi connectivity index (χ4v) is 2.88. The summed E-state index contributed by atoms with van der Waals surface area (Å²) >= 11 is 18.3. The van der Waals surface area contributed by atoms with Crippen molar-refractivity contribution in [3.8, 4) is 22.8 Å². The molecule has 2 heterocycles. The van der Waals surface area contributed by atoms with E-state index < -0.39 is 5.97 Å². The maximum Gasteiger partial charge on any atom is 0.308 e. The quantitative estimate of drug-likeness (QED) is 0.418. The van der Waals surface area contributed by atoms with Gasteiger partial charge in [-0.25, -0.2) is 9.97 Å². The Labute approximate surface area is 145 Å². The number of carbonyl (C=O) groups excluding carboxylic acids is 1. The van der Waals surface area contributed by atoms with Crippen LogP contribution in [0.3, 0.4) is 0 Å². The number of nitrogens with zero attached hydrogens (tertiary/aromatic N) is 3. The van der Waals surface area contributed by atoms with E-state index in [4.69, 9.17) is 39.5 Å². The molecular formula is C14H8Cl3N3O3. The van der Waals surface area contributed by atoms with Crippen molar-refractivity contribution < 1.29 is 14.6 Å². The highest BCUT2D eigenvalue weighted by Crippen LogP contribution is 2.51. The largest absolute Gasteiger partial charge is 0.506 e. The number of fused-ring (bicyclic) bond motifs is 1. The summed E-state index contributed by atoms with van der Waals surface area (Å²) in [6.45, 7) is 1.20. The molecule has 0 spiro atoms. The van der Waals surface area contributed by atoms with Crippen LogP contribution in [0.15, 0.2) is 24.7 Å². The zero-order valence-corrected chi connectivity index (χ0v) is 13.8.